The minimum absolute atomic E-state index is 0.0674. The molecule has 7 heteroatoms. The topological polar surface area (TPSA) is 87.2 Å². The number of carbonyl (C=O) groups excluding carboxylic acids is 3. The summed E-state index contributed by atoms with van der Waals surface area (Å²) in [5, 5.41) is 10.6. The number of esters is 1. The first-order valence-electron chi connectivity index (χ1n) is 11.1. The van der Waals surface area contributed by atoms with Gasteiger partial charge in [0.15, 0.2) is 0 Å². The molecule has 32 heavy (non-hydrogen) atoms. The first kappa shape index (κ1) is 20.8. The van der Waals surface area contributed by atoms with Crippen molar-refractivity contribution in [3.05, 3.63) is 66.2 Å². The highest BCUT2D eigenvalue weighted by Gasteiger charge is 2.73. The lowest BCUT2D eigenvalue weighted by Crippen LogP contribution is -2.62. The van der Waals surface area contributed by atoms with Gasteiger partial charge in [0.25, 0.3) is 0 Å². The second kappa shape index (κ2) is 7.83. The molecule has 0 radical (unpaired) electrons. The molecule has 0 bridgehead atoms. The monoisotopic (exact) mass is 434 g/mol. The molecule has 3 aliphatic heterocycles. The van der Waals surface area contributed by atoms with Crippen LogP contribution in [0.5, 0.6) is 0 Å². The fourth-order valence-corrected chi connectivity index (χ4v) is 5.92. The Hall–Kier alpha value is -3.03. The van der Waals surface area contributed by atoms with E-state index in [1.54, 1.807) is 31.2 Å². The van der Waals surface area contributed by atoms with Crippen molar-refractivity contribution >= 4 is 23.5 Å². The van der Waals surface area contributed by atoms with E-state index >= 15 is 0 Å². The summed E-state index contributed by atoms with van der Waals surface area (Å²) in [7, 11) is 0. The van der Waals surface area contributed by atoms with Gasteiger partial charge in [-0.05, 0) is 31.0 Å². The zero-order valence-electron chi connectivity index (χ0n) is 17.9. The molecule has 0 spiro atoms. The Morgan fingerprint density at radius 2 is 1.72 bits per heavy atom. The number of imide groups is 1. The van der Waals surface area contributed by atoms with Gasteiger partial charge in [0, 0.05) is 19.0 Å². The van der Waals surface area contributed by atoms with E-state index in [-0.39, 0.29) is 18.9 Å². The number of aliphatic hydroxyl groups excluding tert-OH is 1. The van der Waals surface area contributed by atoms with Gasteiger partial charge in [-0.3, -0.25) is 19.3 Å². The van der Waals surface area contributed by atoms with Gasteiger partial charge < -0.3 is 9.84 Å². The first-order chi connectivity index (χ1) is 15.5. The molecule has 3 aliphatic rings. The number of hydrogen-bond donors (Lipinski definition) is 1. The third kappa shape index (κ3) is 2.84. The standard InChI is InChI=1S/C25H26N2O5/c1-2-32-24(31)25-15-18(28)13-14-26(25)21(16-9-5-3-6-10-16)19-20(25)23(30)27(22(19)29)17-11-7-4-8-12-17/h3-12,18-21,28H,2,13-15H2,1H3/t18-,19-,20-,21-,25-/m1/s1. The normalized spacial score (nSPS) is 32.0. The average Bonchev–Trinajstić information content (AvgIpc) is 3.25. The summed E-state index contributed by atoms with van der Waals surface area (Å²) in [6.07, 6.45) is -0.216. The maximum Gasteiger partial charge on any atom is 0.327 e. The highest BCUT2D eigenvalue weighted by Crippen LogP contribution is 2.58. The summed E-state index contributed by atoms with van der Waals surface area (Å²) >= 11 is 0. The molecule has 7 nitrogen and oxygen atoms in total. The van der Waals surface area contributed by atoms with E-state index in [2.05, 4.69) is 0 Å². The molecule has 0 aliphatic carbocycles. The van der Waals surface area contributed by atoms with Crippen LogP contribution >= 0.6 is 0 Å². The van der Waals surface area contributed by atoms with Crippen LogP contribution in [0.4, 0.5) is 5.69 Å². The smallest absolute Gasteiger partial charge is 0.327 e. The zero-order chi connectivity index (χ0) is 22.5. The highest BCUT2D eigenvalue weighted by atomic mass is 16.5. The Balaban J connectivity index is 1.70. The molecule has 2 amide bonds. The van der Waals surface area contributed by atoms with Crippen molar-refractivity contribution in [3.63, 3.8) is 0 Å². The van der Waals surface area contributed by atoms with Gasteiger partial charge in [0.05, 0.1) is 30.2 Å². The SMILES string of the molecule is CCOC(=O)[C@]12C[C@H](O)CCN1[C@H](c1ccccc1)[C@@H]1C(=O)N(c3ccccc3)C(=O)[C@@H]12. The minimum Gasteiger partial charge on any atom is -0.465 e. The average molecular weight is 434 g/mol. The van der Waals surface area contributed by atoms with E-state index < -0.39 is 41.4 Å². The number of piperidine rings is 1. The molecule has 5 atom stereocenters. The first-order valence-corrected chi connectivity index (χ1v) is 11.1. The van der Waals surface area contributed by atoms with Gasteiger partial charge in [0.1, 0.15) is 5.54 Å². The predicted molar refractivity (Wildman–Crippen MR) is 116 cm³/mol. The van der Waals surface area contributed by atoms with E-state index in [9.17, 15) is 19.5 Å². The lowest BCUT2D eigenvalue weighted by atomic mass is 9.74. The Morgan fingerprint density at radius 1 is 1.06 bits per heavy atom. The van der Waals surface area contributed by atoms with E-state index in [4.69, 9.17) is 4.74 Å². The van der Waals surface area contributed by atoms with Crippen LogP contribution < -0.4 is 4.90 Å². The molecule has 3 saturated heterocycles. The largest absolute Gasteiger partial charge is 0.465 e. The molecule has 1 N–H and O–H groups in total. The number of aliphatic hydroxyl groups is 1. The molecule has 2 aromatic rings. The summed E-state index contributed by atoms with van der Waals surface area (Å²) in [6, 6.07) is 17.9. The number of amides is 2. The Bertz CT molecular complexity index is 1040. The number of rotatable bonds is 4. The van der Waals surface area contributed by atoms with Crippen LogP contribution in [0.15, 0.2) is 60.7 Å². The molecular formula is C25H26N2O5. The van der Waals surface area contributed by atoms with Crippen LogP contribution in [0.3, 0.4) is 0 Å². The molecular weight excluding hydrogens is 408 g/mol. The van der Waals surface area contributed by atoms with Crippen LogP contribution in [0.25, 0.3) is 0 Å². The van der Waals surface area contributed by atoms with Crippen molar-refractivity contribution in [2.75, 3.05) is 18.1 Å². The van der Waals surface area contributed by atoms with Gasteiger partial charge in [0.2, 0.25) is 11.8 Å². The van der Waals surface area contributed by atoms with Crippen LogP contribution in [0.2, 0.25) is 0 Å². The maximum atomic E-state index is 13.8. The Labute approximate surface area is 186 Å². The second-order valence-corrected chi connectivity index (χ2v) is 8.69. The third-order valence-electron chi connectivity index (χ3n) is 7.09. The summed E-state index contributed by atoms with van der Waals surface area (Å²) in [5.74, 6) is -2.91. The second-order valence-electron chi connectivity index (χ2n) is 8.69. The highest BCUT2D eigenvalue weighted by molar-refractivity contribution is 6.24. The Morgan fingerprint density at radius 3 is 2.38 bits per heavy atom. The number of carbonyl (C=O) groups is 3. The third-order valence-corrected chi connectivity index (χ3v) is 7.09. The van der Waals surface area contributed by atoms with E-state index in [0.717, 1.165) is 5.56 Å². The molecule has 0 unspecified atom stereocenters. The van der Waals surface area contributed by atoms with Crippen molar-refractivity contribution in [2.24, 2.45) is 11.8 Å². The van der Waals surface area contributed by atoms with Gasteiger partial charge in [-0.2, -0.15) is 0 Å². The van der Waals surface area contributed by atoms with Gasteiger partial charge in [-0.25, -0.2) is 4.90 Å². The summed E-state index contributed by atoms with van der Waals surface area (Å²) in [6.45, 7) is 2.28. The summed E-state index contributed by atoms with van der Waals surface area (Å²) < 4.78 is 5.48. The molecule has 3 heterocycles. The Kier molecular flexibility index (Phi) is 5.10. The van der Waals surface area contributed by atoms with Gasteiger partial charge in [-0.15, -0.1) is 0 Å². The number of fused-ring (bicyclic) bond motifs is 3. The van der Waals surface area contributed by atoms with Crippen molar-refractivity contribution in [1.29, 1.82) is 0 Å². The van der Waals surface area contributed by atoms with E-state index in [0.29, 0.717) is 18.7 Å². The number of anilines is 1. The van der Waals surface area contributed by atoms with Crippen LogP contribution in [-0.4, -0.2) is 52.6 Å². The van der Waals surface area contributed by atoms with Crippen molar-refractivity contribution < 1.29 is 24.2 Å². The number of ether oxygens (including phenoxy) is 1. The predicted octanol–water partition coefficient (Wildman–Crippen LogP) is 2.31. The minimum atomic E-state index is -1.38. The molecule has 166 valence electrons. The van der Waals surface area contributed by atoms with E-state index in [1.807, 2.05) is 41.3 Å². The number of benzene rings is 2. The lowest BCUT2D eigenvalue weighted by Gasteiger charge is -2.46. The molecule has 2 aromatic carbocycles. The van der Waals surface area contributed by atoms with Gasteiger partial charge >= 0.3 is 5.97 Å². The van der Waals surface area contributed by atoms with Crippen molar-refractivity contribution in [1.82, 2.24) is 4.90 Å². The molecule has 0 aromatic heterocycles. The van der Waals surface area contributed by atoms with E-state index in [1.165, 1.54) is 4.90 Å². The quantitative estimate of drug-likeness (QED) is 0.587. The number of nitrogens with zero attached hydrogens (tertiary/aromatic N) is 2. The zero-order valence-corrected chi connectivity index (χ0v) is 17.9. The van der Waals surface area contributed by atoms with Crippen molar-refractivity contribution in [2.45, 2.75) is 37.5 Å². The lowest BCUT2D eigenvalue weighted by molar-refractivity contribution is -0.168. The number of para-hydroxylation sites is 1. The molecule has 3 fully saturated rings. The summed E-state index contributed by atoms with van der Waals surface area (Å²) in [4.78, 5) is 44.3. The van der Waals surface area contributed by atoms with Crippen LogP contribution in [-0.2, 0) is 19.1 Å². The molecule has 0 saturated carbocycles. The number of hydrogen-bond acceptors (Lipinski definition) is 6. The van der Waals surface area contributed by atoms with Gasteiger partial charge in [-0.1, -0.05) is 48.5 Å². The maximum absolute atomic E-state index is 13.8. The van der Waals surface area contributed by atoms with Crippen molar-refractivity contribution in [3.8, 4) is 0 Å². The fourth-order valence-electron chi connectivity index (χ4n) is 5.92. The molecule has 5 rings (SSSR count). The fraction of sp³-hybridized carbons (Fsp3) is 0.400. The van der Waals surface area contributed by atoms with Crippen LogP contribution in [0.1, 0.15) is 31.4 Å². The summed E-state index contributed by atoms with van der Waals surface area (Å²) in [5.41, 5.74) is -0.0125. The van der Waals surface area contributed by atoms with Crippen LogP contribution in [0, 0.1) is 11.8 Å².